The fourth-order valence-corrected chi connectivity index (χ4v) is 6.00. The number of hydrogen-bond donors (Lipinski definition) is 0. The lowest BCUT2D eigenvalue weighted by molar-refractivity contribution is -0.0587. The molecule has 2 aliphatic heterocycles. The Morgan fingerprint density at radius 2 is 1.50 bits per heavy atom. The molecule has 2 saturated heterocycles. The average molecular weight is 488 g/mol. The third kappa shape index (κ3) is 5.17. The molecule has 3 aliphatic rings. The van der Waals surface area contributed by atoms with Crippen LogP contribution in [0.2, 0.25) is 0 Å². The van der Waals surface area contributed by atoms with Crippen molar-refractivity contribution in [3.05, 3.63) is 30.4 Å². The molecule has 2 bridgehead atoms. The smallest absolute Gasteiger partial charge is 0.232 e. The summed E-state index contributed by atoms with van der Waals surface area (Å²) in [4.78, 5) is 19.8. The maximum Gasteiger partial charge on any atom is 0.232 e. The molecule has 0 spiro atoms. The second-order valence-corrected chi connectivity index (χ2v) is 11.7. The van der Waals surface area contributed by atoms with Crippen LogP contribution in [0.1, 0.15) is 63.9 Å². The number of aromatic nitrogens is 4. The summed E-state index contributed by atoms with van der Waals surface area (Å²) in [5.41, 5.74) is 1.17. The van der Waals surface area contributed by atoms with Gasteiger partial charge in [0.15, 0.2) is 14.9 Å². The summed E-state index contributed by atoms with van der Waals surface area (Å²) >= 11 is 0. The van der Waals surface area contributed by atoms with Crippen molar-refractivity contribution < 1.29 is 17.9 Å². The third-order valence-corrected chi connectivity index (χ3v) is 8.27. The highest BCUT2D eigenvalue weighted by Gasteiger charge is 2.43. The Labute approximate surface area is 201 Å². The first-order valence-corrected chi connectivity index (χ1v) is 14.2. The highest BCUT2D eigenvalue weighted by Crippen LogP contribution is 2.40. The van der Waals surface area contributed by atoms with Gasteiger partial charge in [0.1, 0.15) is 6.10 Å². The second-order valence-electron chi connectivity index (χ2n) is 9.75. The van der Waals surface area contributed by atoms with Gasteiger partial charge in [-0.15, -0.1) is 0 Å². The van der Waals surface area contributed by atoms with Gasteiger partial charge in [0.2, 0.25) is 11.8 Å². The van der Waals surface area contributed by atoms with Crippen LogP contribution < -0.4 is 9.64 Å². The van der Waals surface area contributed by atoms with Gasteiger partial charge in [-0.25, -0.2) is 28.4 Å². The van der Waals surface area contributed by atoms with Crippen molar-refractivity contribution >= 4 is 15.8 Å². The van der Waals surface area contributed by atoms with Crippen LogP contribution in [0.15, 0.2) is 29.8 Å². The first-order valence-electron chi connectivity index (χ1n) is 12.3. The zero-order valence-corrected chi connectivity index (χ0v) is 20.7. The van der Waals surface area contributed by atoms with Crippen LogP contribution in [0.5, 0.6) is 5.88 Å². The number of fused-ring (bicyclic) bond motifs is 2. The molecule has 184 valence electrons. The second kappa shape index (κ2) is 9.73. The Balaban J connectivity index is 1.10. The fraction of sp³-hybridized carbons (Fsp3) is 0.667. The topological polar surface area (TPSA) is 107 Å². The summed E-state index contributed by atoms with van der Waals surface area (Å²) in [6.07, 6.45) is 17.4. The van der Waals surface area contributed by atoms with E-state index in [1.807, 2.05) is 12.4 Å². The number of rotatable bonds is 7. The fourth-order valence-electron chi connectivity index (χ4n) is 5.51. The first kappa shape index (κ1) is 23.4. The van der Waals surface area contributed by atoms with E-state index in [0.29, 0.717) is 24.1 Å². The summed E-state index contributed by atoms with van der Waals surface area (Å²) in [6, 6.07) is 0.925. The number of aryl methyl sites for hydroxylation is 1. The molecule has 9 nitrogen and oxygen atoms in total. The quantitative estimate of drug-likeness (QED) is 0.582. The van der Waals surface area contributed by atoms with Crippen LogP contribution in [0, 0.1) is 0 Å². The van der Waals surface area contributed by atoms with Gasteiger partial charge in [0.25, 0.3) is 0 Å². The van der Waals surface area contributed by atoms with Crippen molar-refractivity contribution in [1.29, 1.82) is 0 Å². The summed E-state index contributed by atoms with van der Waals surface area (Å²) < 4.78 is 35.6. The van der Waals surface area contributed by atoms with Gasteiger partial charge in [0.05, 0.1) is 24.6 Å². The van der Waals surface area contributed by atoms with Crippen LogP contribution in [0.3, 0.4) is 0 Å². The summed E-state index contributed by atoms with van der Waals surface area (Å²) in [6.45, 7) is 2.12. The van der Waals surface area contributed by atoms with Crippen molar-refractivity contribution in [2.24, 2.45) is 0 Å². The van der Waals surface area contributed by atoms with Gasteiger partial charge < -0.3 is 14.4 Å². The molecule has 0 N–H and O–H groups in total. The minimum absolute atomic E-state index is 0.0403. The van der Waals surface area contributed by atoms with Crippen LogP contribution in [0.25, 0.3) is 0 Å². The van der Waals surface area contributed by atoms with Gasteiger partial charge in [0, 0.05) is 30.7 Å². The molecule has 0 radical (unpaired) electrons. The normalized spacial score (nSPS) is 29.2. The van der Waals surface area contributed by atoms with Gasteiger partial charge >= 0.3 is 0 Å². The summed E-state index contributed by atoms with van der Waals surface area (Å²) in [7, 11) is -3.36. The van der Waals surface area contributed by atoms with E-state index in [1.54, 1.807) is 0 Å². The maximum absolute atomic E-state index is 11.5. The minimum Gasteiger partial charge on any atom is -0.473 e. The molecule has 1 aliphatic carbocycles. The van der Waals surface area contributed by atoms with Crippen LogP contribution in [0.4, 0.5) is 5.95 Å². The maximum atomic E-state index is 11.5. The van der Waals surface area contributed by atoms with Crippen LogP contribution in [-0.4, -0.2) is 65.0 Å². The Bertz CT molecular complexity index is 1060. The summed E-state index contributed by atoms with van der Waals surface area (Å²) in [5, 5.41) is -0.0403. The van der Waals surface area contributed by atoms with E-state index in [-0.39, 0.29) is 17.2 Å². The Morgan fingerprint density at radius 3 is 2.06 bits per heavy atom. The monoisotopic (exact) mass is 487 g/mol. The van der Waals surface area contributed by atoms with Crippen LogP contribution in [-0.2, 0) is 21.0 Å². The van der Waals surface area contributed by atoms with Crippen molar-refractivity contribution in [2.75, 3.05) is 11.2 Å². The lowest BCUT2D eigenvalue weighted by Gasteiger charge is -2.40. The van der Waals surface area contributed by atoms with E-state index in [9.17, 15) is 8.42 Å². The predicted molar refractivity (Wildman–Crippen MR) is 127 cm³/mol. The number of anilines is 1. The predicted octanol–water partition coefficient (Wildman–Crippen LogP) is 3.14. The van der Waals surface area contributed by atoms with E-state index < -0.39 is 9.84 Å². The molecule has 0 aromatic carbocycles. The lowest BCUT2D eigenvalue weighted by atomic mass is 9.93. The molecule has 5 rings (SSSR count). The molecule has 2 aromatic rings. The molecule has 10 heteroatoms. The highest BCUT2D eigenvalue weighted by molar-refractivity contribution is 7.90. The Hall–Kier alpha value is -2.33. The highest BCUT2D eigenvalue weighted by atomic mass is 32.2. The Morgan fingerprint density at radius 1 is 0.853 bits per heavy atom. The molecule has 4 heterocycles. The first-order chi connectivity index (χ1) is 16.4. The van der Waals surface area contributed by atoms with Gasteiger partial charge in [-0.05, 0) is 63.4 Å². The lowest BCUT2D eigenvalue weighted by Crippen LogP contribution is -2.47. The zero-order valence-electron chi connectivity index (χ0n) is 19.8. The summed E-state index contributed by atoms with van der Waals surface area (Å²) in [5.74, 6) is 1.24. The molecular weight excluding hydrogens is 454 g/mol. The van der Waals surface area contributed by atoms with Crippen molar-refractivity contribution in [3.63, 3.8) is 0 Å². The van der Waals surface area contributed by atoms with Gasteiger partial charge in [-0.1, -0.05) is 6.92 Å². The number of hydrogen-bond acceptors (Lipinski definition) is 9. The largest absolute Gasteiger partial charge is 0.473 e. The van der Waals surface area contributed by atoms with Crippen molar-refractivity contribution in [3.8, 4) is 5.88 Å². The number of piperidine rings is 1. The van der Waals surface area contributed by atoms with Crippen molar-refractivity contribution in [1.82, 2.24) is 19.9 Å². The third-order valence-electron chi connectivity index (χ3n) is 7.30. The molecule has 2 unspecified atom stereocenters. The molecule has 3 fully saturated rings. The van der Waals surface area contributed by atoms with Crippen LogP contribution >= 0.6 is 0 Å². The number of ether oxygens (including phenoxy) is 2. The molecule has 34 heavy (non-hydrogen) atoms. The molecule has 1 saturated carbocycles. The molecule has 0 amide bonds. The SMILES string of the molecule is CCc1cnc(N2C3CCC2CC(OC2CCC(Oc4cnc(S(C)(=O)=O)cn4)CC2)C3)nc1. The standard InChI is InChI=1S/C24H33N5O4S/c1-3-16-12-27-24(28-13-16)29-17-4-5-18(29)11-21(10-17)32-19-6-8-20(9-7-19)33-22-14-26-23(15-25-22)34(2,30)31/h12-15,17-21H,3-11H2,1-2H3. The minimum atomic E-state index is -3.36. The zero-order chi connectivity index (χ0) is 23.7. The molecule has 2 atom stereocenters. The molecule has 2 aromatic heterocycles. The average Bonchev–Trinajstić information content (AvgIpc) is 3.10. The van der Waals surface area contributed by atoms with E-state index >= 15 is 0 Å². The Kier molecular flexibility index (Phi) is 6.70. The van der Waals surface area contributed by atoms with Crippen molar-refractivity contribution in [2.45, 2.75) is 100 Å². The van der Waals surface area contributed by atoms with E-state index in [2.05, 4.69) is 31.8 Å². The van der Waals surface area contributed by atoms with Gasteiger partial charge in [-0.3, -0.25) is 0 Å². The number of nitrogens with zero attached hydrogens (tertiary/aromatic N) is 5. The van der Waals surface area contributed by atoms with E-state index in [4.69, 9.17) is 9.47 Å². The number of sulfone groups is 1. The van der Waals surface area contributed by atoms with E-state index in [1.165, 1.54) is 30.8 Å². The van der Waals surface area contributed by atoms with E-state index in [0.717, 1.165) is 57.1 Å². The van der Waals surface area contributed by atoms with Gasteiger partial charge in [-0.2, -0.15) is 0 Å². The molecular formula is C24H33N5O4S.